The summed E-state index contributed by atoms with van der Waals surface area (Å²) in [6.45, 7) is 3.39. The molecule has 3 aliphatic heterocycles. The Morgan fingerprint density at radius 2 is 1.83 bits per heavy atom. The highest BCUT2D eigenvalue weighted by molar-refractivity contribution is 6.10. The number of H-pyrrole nitrogens is 1. The van der Waals surface area contributed by atoms with Gasteiger partial charge in [-0.25, -0.2) is 0 Å². The number of benzene rings is 2. The first-order valence-electron chi connectivity index (χ1n) is 8.81. The molecular formula is C20H21N3O. The third kappa shape index (κ3) is 2.21. The molecule has 0 spiro atoms. The van der Waals surface area contributed by atoms with Crippen LogP contribution in [0.4, 0.5) is 0 Å². The average Bonchev–Trinajstić information content (AvgIpc) is 3.00. The lowest BCUT2D eigenvalue weighted by atomic mass is 9.84. The van der Waals surface area contributed by atoms with Gasteiger partial charge in [0.15, 0.2) is 0 Å². The molecule has 1 aromatic heterocycles. The number of nitrogens with one attached hydrogen (secondary N) is 2. The summed E-state index contributed by atoms with van der Waals surface area (Å²) < 4.78 is 0. The number of rotatable bonds is 2. The van der Waals surface area contributed by atoms with Crippen LogP contribution in [0, 0.1) is 5.92 Å². The summed E-state index contributed by atoms with van der Waals surface area (Å²) in [7, 11) is 0. The van der Waals surface area contributed by atoms with Gasteiger partial charge in [-0.2, -0.15) is 0 Å². The van der Waals surface area contributed by atoms with Crippen LogP contribution in [0.5, 0.6) is 0 Å². The van der Waals surface area contributed by atoms with Crippen molar-refractivity contribution in [2.24, 2.45) is 5.92 Å². The van der Waals surface area contributed by atoms with Crippen molar-refractivity contribution < 1.29 is 4.79 Å². The van der Waals surface area contributed by atoms with Gasteiger partial charge in [0.25, 0.3) is 5.91 Å². The van der Waals surface area contributed by atoms with Crippen LogP contribution < -0.4 is 5.32 Å². The molecule has 2 bridgehead atoms. The SMILES string of the molecule is O=C(N[C@H]1CN2CCC1CC2)c1ccc2[nH]c3ccccc3c2c1. The highest BCUT2D eigenvalue weighted by atomic mass is 16.1. The van der Waals surface area contributed by atoms with Crippen LogP contribution in [0.3, 0.4) is 0 Å². The van der Waals surface area contributed by atoms with E-state index in [4.69, 9.17) is 0 Å². The Labute approximate surface area is 140 Å². The second-order valence-electron chi connectivity index (χ2n) is 7.15. The summed E-state index contributed by atoms with van der Waals surface area (Å²) in [5, 5.41) is 5.57. The van der Waals surface area contributed by atoms with Crippen molar-refractivity contribution in [3.05, 3.63) is 48.0 Å². The van der Waals surface area contributed by atoms with Crippen LogP contribution in [-0.4, -0.2) is 41.5 Å². The van der Waals surface area contributed by atoms with Gasteiger partial charge < -0.3 is 15.2 Å². The molecule has 1 amide bonds. The van der Waals surface area contributed by atoms with Gasteiger partial charge in [0.1, 0.15) is 0 Å². The van der Waals surface area contributed by atoms with Crippen molar-refractivity contribution in [3.63, 3.8) is 0 Å². The molecule has 0 radical (unpaired) electrons. The summed E-state index contributed by atoms with van der Waals surface area (Å²) >= 11 is 0. The number of carbonyl (C=O) groups excluding carboxylic acids is 1. The number of hydrogen-bond acceptors (Lipinski definition) is 2. The first-order valence-corrected chi connectivity index (χ1v) is 8.81. The molecule has 4 heterocycles. The van der Waals surface area contributed by atoms with Crippen molar-refractivity contribution >= 4 is 27.7 Å². The lowest BCUT2D eigenvalue weighted by Crippen LogP contribution is -2.57. The lowest BCUT2D eigenvalue weighted by Gasteiger charge is -2.44. The monoisotopic (exact) mass is 319 g/mol. The molecule has 0 unspecified atom stereocenters. The van der Waals surface area contributed by atoms with E-state index in [0.29, 0.717) is 12.0 Å². The molecule has 1 atom stereocenters. The Kier molecular flexibility index (Phi) is 3.13. The first kappa shape index (κ1) is 14.1. The summed E-state index contributed by atoms with van der Waals surface area (Å²) in [4.78, 5) is 18.6. The Balaban J connectivity index is 1.45. The van der Waals surface area contributed by atoms with Gasteiger partial charge in [-0.1, -0.05) is 18.2 Å². The van der Waals surface area contributed by atoms with E-state index in [0.717, 1.165) is 28.5 Å². The number of aromatic amines is 1. The van der Waals surface area contributed by atoms with Gasteiger partial charge in [-0.3, -0.25) is 4.79 Å². The summed E-state index contributed by atoms with van der Waals surface area (Å²) in [6.07, 6.45) is 2.43. The number of para-hydroxylation sites is 1. The molecular weight excluding hydrogens is 298 g/mol. The van der Waals surface area contributed by atoms with E-state index in [2.05, 4.69) is 27.3 Å². The summed E-state index contributed by atoms with van der Waals surface area (Å²) in [5.74, 6) is 0.705. The summed E-state index contributed by atoms with van der Waals surface area (Å²) in [5.41, 5.74) is 2.95. The molecule has 0 saturated carbocycles. The van der Waals surface area contributed by atoms with E-state index in [-0.39, 0.29) is 5.91 Å². The second-order valence-corrected chi connectivity index (χ2v) is 7.15. The number of fused-ring (bicyclic) bond motifs is 6. The maximum atomic E-state index is 12.8. The molecule has 24 heavy (non-hydrogen) atoms. The van der Waals surface area contributed by atoms with E-state index >= 15 is 0 Å². The summed E-state index contributed by atoms with van der Waals surface area (Å²) in [6, 6.07) is 14.5. The predicted octanol–water partition coefficient (Wildman–Crippen LogP) is 3.15. The zero-order chi connectivity index (χ0) is 16.1. The van der Waals surface area contributed by atoms with Crippen molar-refractivity contribution in [2.75, 3.05) is 19.6 Å². The van der Waals surface area contributed by atoms with Gasteiger partial charge in [0.2, 0.25) is 0 Å². The molecule has 6 rings (SSSR count). The van der Waals surface area contributed by atoms with Crippen molar-refractivity contribution in [2.45, 2.75) is 18.9 Å². The van der Waals surface area contributed by atoms with Gasteiger partial charge >= 0.3 is 0 Å². The zero-order valence-corrected chi connectivity index (χ0v) is 13.6. The van der Waals surface area contributed by atoms with Crippen molar-refractivity contribution in [1.29, 1.82) is 0 Å². The van der Waals surface area contributed by atoms with Gasteiger partial charge in [-0.05, 0) is 56.1 Å². The van der Waals surface area contributed by atoms with Crippen molar-refractivity contribution in [1.82, 2.24) is 15.2 Å². The Morgan fingerprint density at radius 1 is 1.04 bits per heavy atom. The third-order valence-electron chi connectivity index (χ3n) is 5.74. The van der Waals surface area contributed by atoms with Crippen LogP contribution in [-0.2, 0) is 0 Å². The Morgan fingerprint density at radius 3 is 2.62 bits per heavy atom. The van der Waals surface area contributed by atoms with E-state index in [1.165, 1.54) is 31.3 Å². The van der Waals surface area contributed by atoms with Crippen LogP contribution in [0.15, 0.2) is 42.5 Å². The Hall–Kier alpha value is -2.33. The standard InChI is InChI=1S/C20H21N3O/c24-20(22-19-12-23-9-7-13(19)8-10-23)14-5-6-18-16(11-14)15-3-1-2-4-17(15)21-18/h1-6,11,13,19,21H,7-10,12H2,(H,22,24)/t19-/m0/s1. The van der Waals surface area contributed by atoms with Gasteiger partial charge in [-0.15, -0.1) is 0 Å². The normalized spacial score (nSPS) is 26.1. The number of carbonyl (C=O) groups is 1. The predicted molar refractivity (Wildman–Crippen MR) is 96.2 cm³/mol. The van der Waals surface area contributed by atoms with E-state index in [1.54, 1.807) is 0 Å². The molecule has 122 valence electrons. The fourth-order valence-electron chi connectivity index (χ4n) is 4.37. The third-order valence-corrected chi connectivity index (χ3v) is 5.74. The molecule has 0 aliphatic carbocycles. The smallest absolute Gasteiger partial charge is 0.251 e. The topological polar surface area (TPSA) is 48.1 Å². The number of amides is 1. The molecule has 4 heteroatoms. The molecule has 4 nitrogen and oxygen atoms in total. The quantitative estimate of drug-likeness (QED) is 0.762. The second kappa shape index (κ2) is 5.35. The number of piperidine rings is 3. The van der Waals surface area contributed by atoms with E-state index in [9.17, 15) is 4.79 Å². The molecule has 3 fully saturated rings. The first-order chi connectivity index (χ1) is 11.8. The highest BCUT2D eigenvalue weighted by Gasteiger charge is 2.34. The number of aromatic nitrogens is 1. The van der Waals surface area contributed by atoms with Crippen molar-refractivity contribution in [3.8, 4) is 0 Å². The fourth-order valence-corrected chi connectivity index (χ4v) is 4.37. The lowest BCUT2D eigenvalue weighted by molar-refractivity contribution is 0.0620. The van der Waals surface area contributed by atoms with E-state index < -0.39 is 0 Å². The molecule has 2 aromatic carbocycles. The minimum Gasteiger partial charge on any atom is -0.355 e. The Bertz CT molecular complexity index is 921. The fraction of sp³-hybridized carbons (Fsp3) is 0.350. The van der Waals surface area contributed by atoms with E-state index in [1.807, 2.05) is 30.3 Å². The molecule has 3 aromatic rings. The van der Waals surface area contributed by atoms with Crippen LogP contribution in [0.25, 0.3) is 21.8 Å². The minimum absolute atomic E-state index is 0.0564. The highest BCUT2D eigenvalue weighted by Crippen LogP contribution is 2.29. The van der Waals surface area contributed by atoms with Crippen LogP contribution in [0.2, 0.25) is 0 Å². The van der Waals surface area contributed by atoms with Crippen LogP contribution >= 0.6 is 0 Å². The minimum atomic E-state index is 0.0564. The number of hydrogen-bond donors (Lipinski definition) is 2. The van der Waals surface area contributed by atoms with Crippen LogP contribution in [0.1, 0.15) is 23.2 Å². The van der Waals surface area contributed by atoms with Gasteiger partial charge in [0, 0.05) is 40.0 Å². The average molecular weight is 319 g/mol. The zero-order valence-electron chi connectivity index (χ0n) is 13.6. The molecule has 3 aliphatic rings. The maximum Gasteiger partial charge on any atom is 0.251 e. The molecule has 2 N–H and O–H groups in total. The number of nitrogens with zero attached hydrogens (tertiary/aromatic N) is 1. The maximum absolute atomic E-state index is 12.8. The largest absolute Gasteiger partial charge is 0.355 e. The molecule has 3 saturated heterocycles. The van der Waals surface area contributed by atoms with Gasteiger partial charge in [0.05, 0.1) is 0 Å².